The summed E-state index contributed by atoms with van der Waals surface area (Å²) in [4.78, 5) is 25.6. The zero-order valence-electron chi connectivity index (χ0n) is 15.5. The molecule has 1 amide bonds. The number of carbonyl (C=O) groups excluding carboxylic acids is 1. The second-order valence-electron chi connectivity index (χ2n) is 6.49. The third kappa shape index (κ3) is 4.57. The van der Waals surface area contributed by atoms with E-state index >= 15 is 0 Å². The Labute approximate surface area is 156 Å². The lowest BCUT2D eigenvalue weighted by molar-refractivity contribution is -0.123. The van der Waals surface area contributed by atoms with Crippen LogP contribution in [0.25, 0.3) is 11.0 Å². The fourth-order valence-electron chi connectivity index (χ4n) is 2.82. The van der Waals surface area contributed by atoms with Crippen LogP contribution in [-0.4, -0.2) is 38.1 Å². The second kappa shape index (κ2) is 8.09. The molecule has 27 heavy (non-hydrogen) atoms. The molecule has 7 heteroatoms. The highest BCUT2D eigenvalue weighted by molar-refractivity contribution is 5.81. The van der Waals surface area contributed by atoms with Gasteiger partial charge in [0.1, 0.15) is 17.1 Å². The Kier molecular flexibility index (Phi) is 5.61. The molecular formula is C20H22N2O5. The van der Waals surface area contributed by atoms with Gasteiger partial charge < -0.3 is 18.9 Å². The minimum Gasteiger partial charge on any atom is -0.484 e. The van der Waals surface area contributed by atoms with Gasteiger partial charge in [-0.1, -0.05) is 0 Å². The predicted molar refractivity (Wildman–Crippen MR) is 101 cm³/mol. The zero-order chi connectivity index (χ0) is 19.4. The molecule has 0 unspecified atom stereocenters. The normalized spacial score (nSPS) is 12.3. The van der Waals surface area contributed by atoms with E-state index in [1.54, 1.807) is 24.5 Å². The Morgan fingerprint density at radius 2 is 2.07 bits per heavy atom. The quantitative estimate of drug-likeness (QED) is 0.643. The van der Waals surface area contributed by atoms with E-state index in [1.807, 2.05) is 38.1 Å². The number of nitrogens with zero attached hydrogens (tertiary/aromatic N) is 1. The molecule has 1 atom stereocenters. The molecule has 0 aliphatic rings. The Hall–Kier alpha value is -3.06. The SMILES string of the molecule is Cc1cc(=O)oc2cc(OCC(=O)NC[C@H](c3ccco3)N(C)C)ccc12. The molecule has 142 valence electrons. The van der Waals surface area contributed by atoms with Crippen molar-refractivity contribution in [2.75, 3.05) is 27.2 Å². The molecule has 7 nitrogen and oxygen atoms in total. The zero-order valence-corrected chi connectivity index (χ0v) is 15.5. The van der Waals surface area contributed by atoms with Crippen molar-refractivity contribution in [1.82, 2.24) is 10.2 Å². The summed E-state index contributed by atoms with van der Waals surface area (Å²) in [7, 11) is 3.83. The Morgan fingerprint density at radius 1 is 1.26 bits per heavy atom. The van der Waals surface area contributed by atoms with Gasteiger partial charge >= 0.3 is 5.63 Å². The van der Waals surface area contributed by atoms with Crippen molar-refractivity contribution in [3.63, 3.8) is 0 Å². The number of rotatable bonds is 7. The molecule has 0 fully saturated rings. The average molecular weight is 370 g/mol. The molecule has 0 bridgehead atoms. The molecule has 2 heterocycles. The van der Waals surface area contributed by atoms with E-state index in [0.29, 0.717) is 17.9 Å². The van der Waals surface area contributed by atoms with Gasteiger partial charge in [0.25, 0.3) is 5.91 Å². The van der Waals surface area contributed by atoms with Crippen molar-refractivity contribution in [3.05, 3.63) is 64.4 Å². The number of amides is 1. The molecule has 0 saturated carbocycles. The third-order valence-electron chi connectivity index (χ3n) is 4.28. The van der Waals surface area contributed by atoms with Crippen LogP contribution in [0.3, 0.4) is 0 Å². The first-order valence-corrected chi connectivity index (χ1v) is 8.58. The van der Waals surface area contributed by atoms with Crippen LogP contribution in [0.15, 0.2) is 56.3 Å². The Bertz CT molecular complexity index is 976. The van der Waals surface area contributed by atoms with Gasteiger partial charge in [0.05, 0.1) is 12.3 Å². The van der Waals surface area contributed by atoms with Crippen LogP contribution in [0.2, 0.25) is 0 Å². The summed E-state index contributed by atoms with van der Waals surface area (Å²) in [6, 6.07) is 10.2. The maximum absolute atomic E-state index is 12.1. The maximum atomic E-state index is 12.1. The summed E-state index contributed by atoms with van der Waals surface area (Å²) in [5.41, 5.74) is 0.851. The highest BCUT2D eigenvalue weighted by atomic mass is 16.5. The lowest BCUT2D eigenvalue weighted by atomic mass is 10.1. The molecule has 3 rings (SSSR count). The number of carbonyl (C=O) groups is 1. The number of furan rings is 1. The first-order valence-electron chi connectivity index (χ1n) is 8.58. The topological polar surface area (TPSA) is 84.9 Å². The summed E-state index contributed by atoms with van der Waals surface area (Å²) in [5.74, 6) is 0.988. The summed E-state index contributed by atoms with van der Waals surface area (Å²) in [6.45, 7) is 2.10. The number of hydrogen-bond donors (Lipinski definition) is 1. The minimum absolute atomic E-state index is 0.0677. The van der Waals surface area contributed by atoms with E-state index in [1.165, 1.54) is 6.07 Å². The van der Waals surface area contributed by atoms with Crippen molar-refractivity contribution in [2.45, 2.75) is 13.0 Å². The summed E-state index contributed by atoms with van der Waals surface area (Å²) >= 11 is 0. The van der Waals surface area contributed by atoms with Crippen LogP contribution < -0.4 is 15.7 Å². The highest BCUT2D eigenvalue weighted by Gasteiger charge is 2.18. The fourth-order valence-corrected chi connectivity index (χ4v) is 2.82. The van der Waals surface area contributed by atoms with Crippen molar-refractivity contribution in [2.24, 2.45) is 0 Å². The maximum Gasteiger partial charge on any atom is 0.336 e. The van der Waals surface area contributed by atoms with Gasteiger partial charge in [0.2, 0.25) is 0 Å². The van der Waals surface area contributed by atoms with Crippen LogP contribution in [0.5, 0.6) is 5.75 Å². The Morgan fingerprint density at radius 3 is 2.78 bits per heavy atom. The summed E-state index contributed by atoms with van der Waals surface area (Å²) < 4.78 is 16.1. The standard InChI is InChI=1S/C20H22N2O5/c1-13-9-20(24)27-18-10-14(6-7-15(13)18)26-12-19(23)21-11-16(22(2)3)17-5-4-8-25-17/h4-10,16H,11-12H2,1-3H3,(H,21,23)/t16-/m1/s1. The van der Waals surface area contributed by atoms with E-state index in [-0.39, 0.29) is 18.6 Å². The molecule has 0 saturated heterocycles. The number of ether oxygens (including phenoxy) is 1. The molecule has 1 N–H and O–H groups in total. The van der Waals surface area contributed by atoms with Crippen LogP contribution in [0.4, 0.5) is 0 Å². The molecule has 1 aromatic carbocycles. The van der Waals surface area contributed by atoms with E-state index in [9.17, 15) is 9.59 Å². The van der Waals surface area contributed by atoms with Gasteiger partial charge in [-0.05, 0) is 50.8 Å². The van der Waals surface area contributed by atoms with Crippen LogP contribution in [0.1, 0.15) is 17.4 Å². The van der Waals surface area contributed by atoms with Gasteiger partial charge in [-0.25, -0.2) is 4.79 Å². The van der Waals surface area contributed by atoms with Gasteiger partial charge in [-0.2, -0.15) is 0 Å². The van der Waals surface area contributed by atoms with Crippen LogP contribution >= 0.6 is 0 Å². The van der Waals surface area contributed by atoms with Crippen LogP contribution in [-0.2, 0) is 4.79 Å². The van der Waals surface area contributed by atoms with E-state index < -0.39 is 5.63 Å². The van der Waals surface area contributed by atoms with Crippen LogP contribution in [0, 0.1) is 6.92 Å². The number of hydrogen-bond acceptors (Lipinski definition) is 6. The third-order valence-corrected chi connectivity index (χ3v) is 4.28. The number of aryl methyl sites for hydroxylation is 1. The molecular weight excluding hydrogens is 348 g/mol. The first kappa shape index (κ1) is 18.7. The van der Waals surface area contributed by atoms with E-state index in [0.717, 1.165) is 16.7 Å². The number of fused-ring (bicyclic) bond motifs is 1. The Balaban J connectivity index is 1.59. The fraction of sp³-hybridized carbons (Fsp3) is 0.300. The number of likely N-dealkylation sites (N-methyl/N-ethyl adjacent to an activating group) is 1. The molecule has 0 aliphatic heterocycles. The lowest BCUT2D eigenvalue weighted by Gasteiger charge is -2.22. The molecule has 0 spiro atoms. The highest BCUT2D eigenvalue weighted by Crippen LogP contribution is 2.22. The van der Waals surface area contributed by atoms with Gasteiger partial charge in [0, 0.05) is 24.1 Å². The first-order chi connectivity index (χ1) is 12.9. The lowest BCUT2D eigenvalue weighted by Crippen LogP contribution is -2.36. The smallest absolute Gasteiger partial charge is 0.336 e. The predicted octanol–water partition coefficient (Wildman–Crippen LogP) is 2.49. The van der Waals surface area contributed by atoms with Crippen molar-refractivity contribution in [1.29, 1.82) is 0 Å². The number of benzene rings is 1. The molecule has 0 aliphatic carbocycles. The van der Waals surface area contributed by atoms with E-state index in [2.05, 4.69) is 5.32 Å². The van der Waals surface area contributed by atoms with E-state index in [4.69, 9.17) is 13.6 Å². The number of nitrogens with one attached hydrogen (secondary N) is 1. The van der Waals surface area contributed by atoms with Gasteiger partial charge in [-0.15, -0.1) is 0 Å². The monoisotopic (exact) mass is 370 g/mol. The molecule has 0 radical (unpaired) electrons. The second-order valence-corrected chi connectivity index (χ2v) is 6.49. The van der Waals surface area contributed by atoms with Gasteiger partial charge in [0.15, 0.2) is 6.61 Å². The van der Waals surface area contributed by atoms with Crippen molar-refractivity contribution >= 4 is 16.9 Å². The van der Waals surface area contributed by atoms with Crippen molar-refractivity contribution < 1.29 is 18.4 Å². The summed E-state index contributed by atoms with van der Waals surface area (Å²) in [5, 5.41) is 3.67. The average Bonchev–Trinajstić information content (AvgIpc) is 3.13. The largest absolute Gasteiger partial charge is 0.484 e. The molecule has 2 aromatic heterocycles. The van der Waals surface area contributed by atoms with Gasteiger partial charge in [-0.3, -0.25) is 9.69 Å². The summed E-state index contributed by atoms with van der Waals surface area (Å²) in [6.07, 6.45) is 1.61. The molecule has 3 aromatic rings. The van der Waals surface area contributed by atoms with Crippen molar-refractivity contribution in [3.8, 4) is 5.75 Å². The minimum atomic E-state index is -0.414.